The van der Waals surface area contributed by atoms with Crippen LogP contribution in [0.5, 0.6) is 0 Å². The van der Waals surface area contributed by atoms with E-state index in [1.54, 1.807) is 0 Å². The topological polar surface area (TPSA) is 57.5 Å². The highest BCUT2D eigenvalue weighted by Gasteiger charge is 2.50. The number of halogens is 2. The van der Waals surface area contributed by atoms with E-state index in [-0.39, 0.29) is 5.41 Å². The maximum Gasteiger partial charge on any atom is 0.377 e. The van der Waals surface area contributed by atoms with Gasteiger partial charge in [-0.25, -0.2) is 4.79 Å². The summed E-state index contributed by atoms with van der Waals surface area (Å²) in [5.41, 5.74) is 0.130. The summed E-state index contributed by atoms with van der Waals surface area (Å²) in [6.45, 7) is 6.33. The Hall–Kier alpha value is -0.710. The summed E-state index contributed by atoms with van der Waals surface area (Å²) in [7, 11) is 0. The van der Waals surface area contributed by atoms with Crippen LogP contribution in [-0.2, 0) is 4.79 Å². The van der Waals surface area contributed by atoms with E-state index in [4.69, 9.17) is 5.11 Å². The minimum atomic E-state index is -4.04. The molecule has 0 amide bonds. The Morgan fingerprint density at radius 1 is 1.17 bits per heavy atom. The molecule has 1 atom stereocenters. The number of carboxylic acid groups (broad SMARTS) is 1. The van der Waals surface area contributed by atoms with E-state index in [1.165, 1.54) is 0 Å². The van der Waals surface area contributed by atoms with Gasteiger partial charge in [0.2, 0.25) is 0 Å². The van der Waals surface area contributed by atoms with Crippen molar-refractivity contribution in [3.8, 4) is 0 Å². The van der Waals surface area contributed by atoms with Crippen LogP contribution in [0.25, 0.3) is 0 Å². The summed E-state index contributed by atoms with van der Waals surface area (Å²) in [6, 6.07) is 0. The third kappa shape index (κ3) is 3.19. The van der Waals surface area contributed by atoms with Crippen molar-refractivity contribution in [2.75, 3.05) is 0 Å². The highest BCUT2D eigenvalue weighted by molar-refractivity contribution is 5.76. The molecule has 0 bridgehead atoms. The summed E-state index contributed by atoms with van der Waals surface area (Å²) in [5, 5.41) is 17.9. The molecule has 2 N–H and O–H groups in total. The van der Waals surface area contributed by atoms with Crippen molar-refractivity contribution < 1.29 is 23.8 Å². The molecule has 0 radical (unpaired) electrons. The van der Waals surface area contributed by atoms with Gasteiger partial charge in [0.1, 0.15) is 6.10 Å². The molecule has 1 aliphatic rings. The smallest absolute Gasteiger partial charge is 0.377 e. The van der Waals surface area contributed by atoms with E-state index in [2.05, 4.69) is 20.8 Å². The highest BCUT2D eigenvalue weighted by atomic mass is 19.3. The third-order valence-corrected chi connectivity index (χ3v) is 4.10. The normalized spacial score (nSPS) is 27.9. The summed E-state index contributed by atoms with van der Waals surface area (Å²) >= 11 is 0. The van der Waals surface area contributed by atoms with Crippen molar-refractivity contribution >= 4 is 5.97 Å². The molecule has 18 heavy (non-hydrogen) atoms. The Morgan fingerprint density at radius 2 is 1.61 bits per heavy atom. The van der Waals surface area contributed by atoms with Gasteiger partial charge >= 0.3 is 11.9 Å². The number of aliphatic hydroxyl groups is 1. The van der Waals surface area contributed by atoms with Gasteiger partial charge in [0.15, 0.2) is 0 Å². The van der Waals surface area contributed by atoms with Crippen LogP contribution in [0.3, 0.4) is 0 Å². The molecule has 1 fully saturated rings. The fourth-order valence-electron chi connectivity index (χ4n) is 2.72. The average molecular weight is 264 g/mol. The predicted molar refractivity (Wildman–Crippen MR) is 63.5 cm³/mol. The van der Waals surface area contributed by atoms with Gasteiger partial charge in [-0.15, -0.1) is 0 Å². The Balaban J connectivity index is 2.61. The molecule has 0 spiro atoms. The number of rotatable bonds is 3. The second-order valence-corrected chi connectivity index (χ2v) is 6.35. The maximum atomic E-state index is 13.2. The number of aliphatic hydroxyl groups excluding tert-OH is 1. The van der Waals surface area contributed by atoms with Crippen LogP contribution in [-0.4, -0.2) is 28.2 Å². The van der Waals surface area contributed by atoms with Gasteiger partial charge in [-0.2, -0.15) is 8.78 Å². The molecule has 1 aliphatic carbocycles. The molecular weight excluding hydrogens is 242 g/mol. The van der Waals surface area contributed by atoms with Crippen molar-refractivity contribution in [2.24, 2.45) is 17.3 Å². The Labute approximate surface area is 106 Å². The molecule has 5 heteroatoms. The Kier molecular flexibility index (Phi) is 4.36. The van der Waals surface area contributed by atoms with Crippen molar-refractivity contribution in [3.63, 3.8) is 0 Å². The number of aliphatic carboxylic acids is 1. The van der Waals surface area contributed by atoms with Crippen molar-refractivity contribution in [1.82, 2.24) is 0 Å². The first-order valence-corrected chi connectivity index (χ1v) is 6.36. The first-order chi connectivity index (χ1) is 8.06. The second kappa shape index (κ2) is 5.11. The van der Waals surface area contributed by atoms with Crippen LogP contribution < -0.4 is 0 Å². The average Bonchev–Trinajstić information content (AvgIpc) is 2.26. The summed E-state index contributed by atoms with van der Waals surface area (Å²) < 4.78 is 26.4. The largest absolute Gasteiger partial charge is 0.477 e. The van der Waals surface area contributed by atoms with Crippen molar-refractivity contribution in [2.45, 2.75) is 58.5 Å². The first kappa shape index (κ1) is 15.3. The SMILES string of the molecule is CC(C)(C)C1CCC(C(O)C(F)(F)C(=O)O)CC1. The van der Waals surface area contributed by atoms with Gasteiger partial charge in [-0.3, -0.25) is 0 Å². The van der Waals surface area contributed by atoms with E-state index >= 15 is 0 Å². The minimum Gasteiger partial charge on any atom is -0.477 e. The quantitative estimate of drug-likeness (QED) is 0.824. The van der Waals surface area contributed by atoms with E-state index in [0.717, 1.165) is 12.8 Å². The molecule has 0 aromatic carbocycles. The highest BCUT2D eigenvalue weighted by Crippen LogP contribution is 2.42. The molecule has 0 aromatic rings. The third-order valence-electron chi connectivity index (χ3n) is 4.10. The summed E-state index contributed by atoms with van der Waals surface area (Å²) in [6.07, 6.45) is 0.385. The summed E-state index contributed by atoms with van der Waals surface area (Å²) in [5.74, 6) is -6.46. The first-order valence-electron chi connectivity index (χ1n) is 6.36. The van der Waals surface area contributed by atoms with Crippen LogP contribution in [0.15, 0.2) is 0 Å². The summed E-state index contributed by atoms with van der Waals surface area (Å²) in [4.78, 5) is 10.4. The van der Waals surface area contributed by atoms with Gasteiger partial charge in [0.05, 0.1) is 0 Å². The molecule has 1 rings (SSSR count). The molecule has 1 saturated carbocycles. The van der Waals surface area contributed by atoms with Gasteiger partial charge < -0.3 is 10.2 Å². The molecule has 0 aromatic heterocycles. The van der Waals surface area contributed by atoms with Crippen molar-refractivity contribution in [3.05, 3.63) is 0 Å². The van der Waals surface area contributed by atoms with E-state index in [1.807, 2.05) is 0 Å². The second-order valence-electron chi connectivity index (χ2n) is 6.35. The van der Waals surface area contributed by atoms with Crippen LogP contribution in [0, 0.1) is 17.3 Å². The lowest BCUT2D eigenvalue weighted by atomic mass is 9.68. The van der Waals surface area contributed by atoms with E-state index < -0.39 is 23.9 Å². The standard InChI is InChI=1S/C13H22F2O3/c1-12(2,3)9-6-4-8(5-7-9)10(16)13(14,15)11(17)18/h8-10,16H,4-7H2,1-3H3,(H,17,18). The number of carboxylic acids is 1. The number of alkyl halides is 2. The lowest BCUT2D eigenvalue weighted by molar-refractivity contribution is -0.190. The van der Waals surface area contributed by atoms with E-state index in [0.29, 0.717) is 18.8 Å². The van der Waals surface area contributed by atoms with Crippen molar-refractivity contribution in [1.29, 1.82) is 0 Å². The van der Waals surface area contributed by atoms with Gasteiger partial charge in [0.25, 0.3) is 0 Å². The van der Waals surface area contributed by atoms with Gasteiger partial charge in [-0.05, 0) is 42.9 Å². The molecule has 3 nitrogen and oxygen atoms in total. The molecule has 0 heterocycles. The zero-order valence-electron chi connectivity index (χ0n) is 11.1. The maximum absolute atomic E-state index is 13.2. The molecule has 1 unspecified atom stereocenters. The van der Waals surface area contributed by atoms with Crippen LogP contribution in [0.1, 0.15) is 46.5 Å². The van der Waals surface area contributed by atoms with Gasteiger partial charge in [-0.1, -0.05) is 20.8 Å². The Morgan fingerprint density at radius 3 is 1.94 bits per heavy atom. The van der Waals surface area contributed by atoms with Crippen LogP contribution in [0.2, 0.25) is 0 Å². The molecule has 0 saturated heterocycles. The lowest BCUT2D eigenvalue weighted by Crippen LogP contribution is -2.47. The zero-order valence-corrected chi connectivity index (χ0v) is 11.1. The van der Waals surface area contributed by atoms with Crippen LogP contribution >= 0.6 is 0 Å². The van der Waals surface area contributed by atoms with E-state index in [9.17, 15) is 18.7 Å². The fourth-order valence-corrected chi connectivity index (χ4v) is 2.72. The molecular formula is C13H22F2O3. The van der Waals surface area contributed by atoms with Gasteiger partial charge in [0, 0.05) is 0 Å². The number of carbonyl (C=O) groups is 1. The Bertz CT molecular complexity index is 302. The predicted octanol–water partition coefficient (Wildman–Crippen LogP) is 2.92. The molecule has 106 valence electrons. The number of hydrogen-bond acceptors (Lipinski definition) is 2. The molecule has 0 aliphatic heterocycles. The fraction of sp³-hybridized carbons (Fsp3) is 0.923. The lowest BCUT2D eigenvalue weighted by Gasteiger charge is -2.39. The number of hydrogen-bond donors (Lipinski definition) is 2. The zero-order chi connectivity index (χ0) is 14.1. The van der Waals surface area contributed by atoms with Crippen LogP contribution in [0.4, 0.5) is 8.78 Å². The minimum absolute atomic E-state index is 0.130. The monoisotopic (exact) mass is 264 g/mol.